The van der Waals surface area contributed by atoms with Gasteiger partial charge in [-0.2, -0.15) is 0 Å². The van der Waals surface area contributed by atoms with Crippen molar-refractivity contribution in [2.75, 3.05) is 11.9 Å². The summed E-state index contributed by atoms with van der Waals surface area (Å²) in [5, 5.41) is 12.4. The number of urea groups is 1. The fraction of sp³-hybridized carbons (Fsp3) is 0.429. The van der Waals surface area contributed by atoms with Gasteiger partial charge < -0.3 is 15.3 Å². The summed E-state index contributed by atoms with van der Waals surface area (Å²) < 4.78 is 0.966. The quantitative estimate of drug-likeness (QED) is 0.712. The molecule has 1 atom stereocenters. The van der Waals surface area contributed by atoms with Gasteiger partial charge in [-0.05, 0) is 53.6 Å². The lowest BCUT2D eigenvalue weighted by Crippen LogP contribution is -2.46. The third-order valence-corrected chi connectivity index (χ3v) is 4.46. The maximum Gasteiger partial charge on any atom is 0.326 e. The van der Waals surface area contributed by atoms with Gasteiger partial charge in [0.05, 0.1) is 10.7 Å². The molecule has 7 heteroatoms. The summed E-state index contributed by atoms with van der Waals surface area (Å²) in [6, 6.07) is 4.12. The van der Waals surface area contributed by atoms with Gasteiger partial charge in [0, 0.05) is 10.1 Å². The first-order valence-corrected chi connectivity index (χ1v) is 8.20. The predicted molar refractivity (Wildman–Crippen MR) is 89.8 cm³/mol. The second kappa shape index (κ2) is 7.31. The van der Waals surface area contributed by atoms with Crippen molar-refractivity contribution in [3.63, 3.8) is 0 Å². The summed E-state index contributed by atoms with van der Waals surface area (Å²) in [4.78, 5) is 25.1. The number of halogens is 2. The van der Waals surface area contributed by atoms with Crippen molar-refractivity contribution in [1.29, 1.82) is 0 Å². The highest BCUT2D eigenvalue weighted by atomic mass is 127. The molecular formula is C14H16ClIN2O3. The van der Waals surface area contributed by atoms with E-state index in [4.69, 9.17) is 11.6 Å². The molecule has 1 saturated heterocycles. The lowest BCUT2D eigenvalue weighted by molar-refractivity contribution is -0.142. The molecule has 114 valence electrons. The topological polar surface area (TPSA) is 69.6 Å². The number of rotatable bonds is 2. The normalized spacial score (nSPS) is 19.0. The van der Waals surface area contributed by atoms with E-state index in [1.807, 2.05) is 6.07 Å². The molecule has 1 aromatic carbocycles. The van der Waals surface area contributed by atoms with Crippen LogP contribution in [0.4, 0.5) is 10.5 Å². The maximum absolute atomic E-state index is 12.4. The van der Waals surface area contributed by atoms with Crippen LogP contribution in [0.3, 0.4) is 0 Å². The number of nitrogens with one attached hydrogen (secondary N) is 1. The number of likely N-dealkylation sites (tertiary alicyclic amines) is 1. The van der Waals surface area contributed by atoms with Crippen LogP contribution in [0.5, 0.6) is 0 Å². The molecular weight excluding hydrogens is 407 g/mol. The standard InChI is InChI=1S/C14H16ClIN2O3/c15-10-8-9(16)5-6-11(10)17-14(21)18-7-3-1-2-4-12(18)13(19)20/h5-6,8,12H,1-4,7H2,(H,17,21)(H,19,20). The van der Waals surface area contributed by atoms with Crippen molar-refractivity contribution in [3.05, 3.63) is 26.8 Å². The highest BCUT2D eigenvalue weighted by Crippen LogP contribution is 2.25. The Hall–Kier alpha value is -1.02. The van der Waals surface area contributed by atoms with Gasteiger partial charge in [-0.3, -0.25) is 0 Å². The van der Waals surface area contributed by atoms with Crippen LogP contribution in [0.2, 0.25) is 5.02 Å². The molecule has 0 bridgehead atoms. The zero-order chi connectivity index (χ0) is 15.4. The van der Waals surface area contributed by atoms with Crippen molar-refractivity contribution in [3.8, 4) is 0 Å². The molecule has 2 amide bonds. The van der Waals surface area contributed by atoms with E-state index in [1.54, 1.807) is 12.1 Å². The van der Waals surface area contributed by atoms with Gasteiger partial charge in [0.15, 0.2) is 0 Å². The summed E-state index contributed by atoms with van der Waals surface area (Å²) in [6.07, 6.45) is 3.07. The van der Waals surface area contributed by atoms with Gasteiger partial charge in [-0.25, -0.2) is 9.59 Å². The van der Waals surface area contributed by atoms with Crippen molar-refractivity contribution < 1.29 is 14.7 Å². The first kappa shape index (κ1) is 16.4. The molecule has 1 unspecified atom stereocenters. The third-order valence-electron chi connectivity index (χ3n) is 3.47. The molecule has 0 aliphatic carbocycles. The zero-order valence-electron chi connectivity index (χ0n) is 11.3. The number of benzene rings is 1. The summed E-state index contributed by atoms with van der Waals surface area (Å²) in [5.41, 5.74) is 0.496. The molecule has 2 rings (SSSR count). The SMILES string of the molecule is O=C(O)C1CCCCCN1C(=O)Nc1ccc(I)cc1Cl. The van der Waals surface area contributed by atoms with E-state index in [-0.39, 0.29) is 0 Å². The Morgan fingerprint density at radius 1 is 1.33 bits per heavy atom. The number of hydrogen-bond acceptors (Lipinski definition) is 2. The third kappa shape index (κ3) is 4.23. The van der Waals surface area contributed by atoms with Crippen LogP contribution in [0.1, 0.15) is 25.7 Å². The molecule has 21 heavy (non-hydrogen) atoms. The number of carboxylic acid groups (broad SMARTS) is 1. The lowest BCUT2D eigenvalue weighted by atomic mass is 10.1. The monoisotopic (exact) mass is 422 g/mol. The zero-order valence-corrected chi connectivity index (χ0v) is 14.2. The molecule has 0 saturated carbocycles. The van der Waals surface area contributed by atoms with Crippen LogP contribution < -0.4 is 5.32 Å². The fourth-order valence-corrected chi connectivity index (χ4v) is 3.29. The maximum atomic E-state index is 12.4. The van der Waals surface area contributed by atoms with E-state index >= 15 is 0 Å². The Labute approximate surface area is 141 Å². The number of carbonyl (C=O) groups excluding carboxylic acids is 1. The average molecular weight is 423 g/mol. The van der Waals surface area contributed by atoms with Gasteiger partial charge in [0.1, 0.15) is 6.04 Å². The fourth-order valence-electron chi connectivity index (χ4n) is 2.39. The second-order valence-electron chi connectivity index (χ2n) is 4.95. The van der Waals surface area contributed by atoms with E-state index in [9.17, 15) is 14.7 Å². The Kier molecular flexibility index (Phi) is 5.69. The number of nitrogens with zero attached hydrogens (tertiary/aromatic N) is 1. The molecule has 2 N–H and O–H groups in total. The van der Waals surface area contributed by atoms with E-state index < -0.39 is 18.0 Å². The van der Waals surface area contributed by atoms with Crippen LogP contribution in [0, 0.1) is 3.57 Å². The van der Waals surface area contributed by atoms with E-state index in [1.165, 1.54) is 4.90 Å². The van der Waals surface area contributed by atoms with E-state index in [2.05, 4.69) is 27.9 Å². The van der Waals surface area contributed by atoms with Gasteiger partial charge in [0.25, 0.3) is 0 Å². The van der Waals surface area contributed by atoms with Crippen LogP contribution >= 0.6 is 34.2 Å². The summed E-state index contributed by atoms with van der Waals surface area (Å²) in [6.45, 7) is 0.449. The number of aliphatic carboxylic acids is 1. The van der Waals surface area contributed by atoms with Crippen molar-refractivity contribution in [1.82, 2.24) is 4.90 Å². The molecule has 1 aliphatic rings. The molecule has 0 radical (unpaired) electrons. The Morgan fingerprint density at radius 2 is 2.10 bits per heavy atom. The van der Waals surface area contributed by atoms with Crippen LogP contribution in [0.25, 0.3) is 0 Å². The predicted octanol–water partition coefficient (Wildman–Crippen LogP) is 3.81. The molecule has 0 aromatic heterocycles. The molecule has 1 heterocycles. The largest absolute Gasteiger partial charge is 0.480 e. The number of carboxylic acids is 1. The van der Waals surface area contributed by atoms with E-state index in [0.717, 1.165) is 22.8 Å². The highest BCUT2D eigenvalue weighted by molar-refractivity contribution is 14.1. The van der Waals surface area contributed by atoms with Gasteiger partial charge in [0.2, 0.25) is 0 Å². The minimum atomic E-state index is -0.958. The summed E-state index contributed by atoms with van der Waals surface area (Å²) >= 11 is 8.22. The molecule has 1 aromatic rings. The average Bonchev–Trinajstić information content (AvgIpc) is 2.67. The van der Waals surface area contributed by atoms with Crippen molar-refractivity contribution >= 4 is 51.9 Å². The van der Waals surface area contributed by atoms with Crippen LogP contribution in [-0.2, 0) is 4.79 Å². The van der Waals surface area contributed by atoms with Crippen LogP contribution in [0.15, 0.2) is 18.2 Å². The first-order valence-electron chi connectivity index (χ1n) is 6.74. The van der Waals surface area contributed by atoms with Gasteiger partial charge >= 0.3 is 12.0 Å². The Bertz CT molecular complexity index is 553. The van der Waals surface area contributed by atoms with Gasteiger partial charge in [-0.1, -0.05) is 24.4 Å². The Morgan fingerprint density at radius 3 is 2.76 bits per heavy atom. The first-order chi connectivity index (χ1) is 9.99. The van der Waals surface area contributed by atoms with Gasteiger partial charge in [-0.15, -0.1) is 0 Å². The highest BCUT2D eigenvalue weighted by Gasteiger charge is 2.30. The minimum absolute atomic E-state index is 0.410. The number of amides is 2. The number of hydrogen-bond donors (Lipinski definition) is 2. The molecule has 5 nitrogen and oxygen atoms in total. The van der Waals surface area contributed by atoms with Crippen molar-refractivity contribution in [2.24, 2.45) is 0 Å². The lowest BCUT2D eigenvalue weighted by Gasteiger charge is -2.27. The summed E-state index contributed by atoms with van der Waals surface area (Å²) in [7, 11) is 0. The Balaban J connectivity index is 2.14. The minimum Gasteiger partial charge on any atom is -0.480 e. The second-order valence-corrected chi connectivity index (χ2v) is 6.60. The van der Waals surface area contributed by atoms with E-state index in [0.29, 0.717) is 23.7 Å². The van der Waals surface area contributed by atoms with Crippen LogP contribution in [-0.4, -0.2) is 34.6 Å². The molecule has 1 fully saturated rings. The number of carbonyl (C=O) groups is 2. The van der Waals surface area contributed by atoms with Crippen molar-refractivity contribution in [2.45, 2.75) is 31.7 Å². The number of anilines is 1. The summed E-state index contributed by atoms with van der Waals surface area (Å²) in [5.74, 6) is -0.958. The molecule has 1 aliphatic heterocycles. The molecule has 0 spiro atoms. The smallest absolute Gasteiger partial charge is 0.326 e.